The van der Waals surface area contributed by atoms with Gasteiger partial charge in [0.1, 0.15) is 0 Å². The maximum Gasteiger partial charge on any atom is 0.0642 e. The van der Waals surface area contributed by atoms with Crippen LogP contribution in [0, 0.1) is 12.8 Å². The lowest BCUT2D eigenvalue weighted by molar-refractivity contribution is 0.412. The van der Waals surface area contributed by atoms with E-state index in [4.69, 9.17) is 0 Å². The van der Waals surface area contributed by atoms with Crippen molar-refractivity contribution in [3.05, 3.63) is 53.6 Å². The predicted molar refractivity (Wildman–Crippen MR) is 88.4 cm³/mol. The van der Waals surface area contributed by atoms with Gasteiger partial charge in [0.05, 0.1) is 12.2 Å². The van der Waals surface area contributed by atoms with Gasteiger partial charge in [-0.25, -0.2) is 0 Å². The van der Waals surface area contributed by atoms with E-state index in [9.17, 15) is 0 Å². The van der Waals surface area contributed by atoms with E-state index in [-0.39, 0.29) is 0 Å². The highest BCUT2D eigenvalue weighted by Gasteiger charge is 2.15. The van der Waals surface area contributed by atoms with Crippen LogP contribution in [0.15, 0.2) is 36.7 Å². The van der Waals surface area contributed by atoms with E-state index < -0.39 is 0 Å². The summed E-state index contributed by atoms with van der Waals surface area (Å²) in [5, 5.41) is 3.64. The third kappa shape index (κ3) is 4.43. The molecule has 114 valence electrons. The van der Waals surface area contributed by atoms with Crippen LogP contribution in [-0.4, -0.2) is 16.1 Å². The average molecular weight is 285 g/mol. The first kappa shape index (κ1) is 15.8. The highest BCUT2D eigenvalue weighted by Crippen LogP contribution is 2.22. The number of pyridine rings is 1. The van der Waals surface area contributed by atoms with Gasteiger partial charge in [-0.2, -0.15) is 0 Å². The first-order valence-electron chi connectivity index (χ1n) is 7.91. The van der Waals surface area contributed by atoms with Crippen molar-refractivity contribution in [2.75, 3.05) is 6.54 Å². The van der Waals surface area contributed by atoms with Crippen molar-refractivity contribution in [2.24, 2.45) is 5.92 Å². The largest absolute Gasteiger partial charge is 0.348 e. The van der Waals surface area contributed by atoms with E-state index in [2.05, 4.69) is 66.2 Å². The number of aryl methyl sites for hydroxylation is 1. The lowest BCUT2D eigenvalue weighted by Crippen LogP contribution is -2.26. The van der Waals surface area contributed by atoms with Crippen molar-refractivity contribution in [3.63, 3.8) is 0 Å². The van der Waals surface area contributed by atoms with Crippen LogP contribution in [0.25, 0.3) is 0 Å². The van der Waals surface area contributed by atoms with Crippen molar-refractivity contribution in [1.82, 2.24) is 14.9 Å². The number of hydrogen-bond acceptors (Lipinski definition) is 2. The summed E-state index contributed by atoms with van der Waals surface area (Å²) in [6.07, 6.45) is 5.57. The van der Waals surface area contributed by atoms with Crippen molar-refractivity contribution in [2.45, 2.75) is 46.7 Å². The third-order valence-electron chi connectivity index (χ3n) is 3.70. The van der Waals surface area contributed by atoms with Gasteiger partial charge in [-0.05, 0) is 49.6 Å². The molecule has 3 heteroatoms. The SMILES string of the molecule is CCCNC(c1ccn(Cc2cccc(C)n2)c1)C(C)C. The van der Waals surface area contributed by atoms with Gasteiger partial charge in [-0.3, -0.25) is 4.98 Å². The Balaban J connectivity index is 2.09. The summed E-state index contributed by atoms with van der Waals surface area (Å²) in [5.41, 5.74) is 3.55. The fraction of sp³-hybridized carbons (Fsp3) is 0.500. The van der Waals surface area contributed by atoms with E-state index in [1.54, 1.807) is 0 Å². The lowest BCUT2D eigenvalue weighted by atomic mass is 9.98. The molecule has 1 atom stereocenters. The van der Waals surface area contributed by atoms with Crippen molar-refractivity contribution >= 4 is 0 Å². The molecule has 0 aliphatic carbocycles. The minimum atomic E-state index is 0.427. The Hall–Kier alpha value is -1.61. The quantitative estimate of drug-likeness (QED) is 0.835. The summed E-state index contributed by atoms with van der Waals surface area (Å²) in [6.45, 7) is 10.7. The average Bonchev–Trinajstić information content (AvgIpc) is 2.87. The molecule has 0 spiro atoms. The molecule has 0 amide bonds. The minimum absolute atomic E-state index is 0.427. The zero-order chi connectivity index (χ0) is 15.2. The predicted octanol–water partition coefficient (Wildman–Crippen LogP) is 3.94. The first-order chi connectivity index (χ1) is 10.1. The van der Waals surface area contributed by atoms with Crippen LogP contribution in [0.1, 0.15) is 50.2 Å². The van der Waals surface area contributed by atoms with Gasteiger partial charge in [0.2, 0.25) is 0 Å². The number of rotatable bonds is 7. The molecule has 0 saturated carbocycles. The van der Waals surface area contributed by atoms with Gasteiger partial charge in [0.15, 0.2) is 0 Å². The fourth-order valence-electron chi connectivity index (χ4n) is 2.65. The standard InChI is InChI=1S/C18H27N3/c1-5-10-19-18(14(2)3)16-9-11-21(12-16)13-17-8-6-7-15(4)20-17/h6-9,11-12,14,18-19H,5,10,13H2,1-4H3. The second-order valence-electron chi connectivity index (χ2n) is 6.06. The van der Waals surface area contributed by atoms with E-state index in [0.717, 1.165) is 30.9 Å². The maximum absolute atomic E-state index is 4.57. The van der Waals surface area contributed by atoms with Crippen LogP contribution in [0.5, 0.6) is 0 Å². The maximum atomic E-state index is 4.57. The Kier molecular flexibility index (Phi) is 5.57. The van der Waals surface area contributed by atoms with Crippen LogP contribution in [-0.2, 0) is 6.54 Å². The minimum Gasteiger partial charge on any atom is -0.348 e. The zero-order valence-electron chi connectivity index (χ0n) is 13.6. The second kappa shape index (κ2) is 7.41. The fourth-order valence-corrected chi connectivity index (χ4v) is 2.65. The van der Waals surface area contributed by atoms with E-state index >= 15 is 0 Å². The molecule has 1 N–H and O–H groups in total. The molecule has 0 fully saturated rings. The molecule has 1 unspecified atom stereocenters. The second-order valence-corrected chi connectivity index (χ2v) is 6.06. The van der Waals surface area contributed by atoms with Gasteiger partial charge < -0.3 is 9.88 Å². The summed E-state index contributed by atoms with van der Waals surface area (Å²) in [5.74, 6) is 0.587. The Morgan fingerprint density at radius 3 is 2.71 bits per heavy atom. The van der Waals surface area contributed by atoms with E-state index in [1.807, 2.05) is 13.0 Å². The summed E-state index contributed by atoms with van der Waals surface area (Å²) < 4.78 is 2.22. The lowest BCUT2D eigenvalue weighted by Gasteiger charge is -2.21. The van der Waals surface area contributed by atoms with Crippen molar-refractivity contribution in [3.8, 4) is 0 Å². The highest BCUT2D eigenvalue weighted by molar-refractivity contribution is 5.18. The first-order valence-corrected chi connectivity index (χ1v) is 7.91. The van der Waals surface area contributed by atoms with Crippen LogP contribution in [0.2, 0.25) is 0 Å². The highest BCUT2D eigenvalue weighted by atomic mass is 15.0. The molecule has 0 aliphatic heterocycles. The molecule has 0 aromatic carbocycles. The summed E-state index contributed by atoms with van der Waals surface area (Å²) in [6, 6.07) is 8.85. The molecule has 3 nitrogen and oxygen atoms in total. The number of nitrogens with one attached hydrogen (secondary N) is 1. The molecule has 0 saturated heterocycles. The topological polar surface area (TPSA) is 29.9 Å². The Bertz CT molecular complexity index is 557. The van der Waals surface area contributed by atoms with Gasteiger partial charge >= 0.3 is 0 Å². The van der Waals surface area contributed by atoms with Crippen LogP contribution in [0.4, 0.5) is 0 Å². The Labute approximate surface area is 128 Å². The smallest absolute Gasteiger partial charge is 0.0642 e. The molecule has 2 rings (SSSR count). The normalized spacial score (nSPS) is 12.8. The molecule has 2 heterocycles. The Morgan fingerprint density at radius 1 is 1.24 bits per heavy atom. The van der Waals surface area contributed by atoms with Gasteiger partial charge in [0.25, 0.3) is 0 Å². The molecule has 21 heavy (non-hydrogen) atoms. The van der Waals surface area contributed by atoms with Gasteiger partial charge in [-0.1, -0.05) is 26.8 Å². The van der Waals surface area contributed by atoms with Gasteiger partial charge in [-0.15, -0.1) is 0 Å². The summed E-state index contributed by atoms with van der Waals surface area (Å²) >= 11 is 0. The molecule has 0 bridgehead atoms. The van der Waals surface area contributed by atoms with Crippen molar-refractivity contribution < 1.29 is 0 Å². The van der Waals surface area contributed by atoms with Crippen LogP contribution >= 0.6 is 0 Å². The summed E-state index contributed by atoms with van der Waals surface area (Å²) in [4.78, 5) is 4.57. The summed E-state index contributed by atoms with van der Waals surface area (Å²) in [7, 11) is 0. The molecule has 0 radical (unpaired) electrons. The molecule has 2 aromatic heterocycles. The van der Waals surface area contributed by atoms with Crippen molar-refractivity contribution in [1.29, 1.82) is 0 Å². The number of aromatic nitrogens is 2. The molecule has 0 aliphatic rings. The van der Waals surface area contributed by atoms with E-state index in [0.29, 0.717) is 12.0 Å². The van der Waals surface area contributed by atoms with Crippen LogP contribution in [0.3, 0.4) is 0 Å². The molecular weight excluding hydrogens is 258 g/mol. The van der Waals surface area contributed by atoms with E-state index in [1.165, 1.54) is 5.56 Å². The third-order valence-corrected chi connectivity index (χ3v) is 3.70. The molecule has 2 aromatic rings. The van der Waals surface area contributed by atoms with Crippen LogP contribution < -0.4 is 5.32 Å². The molecular formula is C18H27N3. The van der Waals surface area contributed by atoms with Gasteiger partial charge in [0, 0.05) is 24.1 Å². The Morgan fingerprint density at radius 2 is 2.05 bits per heavy atom. The monoisotopic (exact) mass is 285 g/mol. The number of hydrogen-bond donors (Lipinski definition) is 1. The zero-order valence-corrected chi connectivity index (χ0v) is 13.6. The number of nitrogens with zero attached hydrogens (tertiary/aromatic N) is 2.